The van der Waals surface area contributed by atoms with E-state index in [9.17, 15) is 14.4 Å². The molecule has 0 saturated heterocycles. The third-order valence-electron chi connectivity index (χ3n) is 11.6. The zero-order valence-corrected chi connectivity index (χ0v) is 43.6. The van der Waals surface area contributed by atoms with Crippen LogP contribution in [0.5, 0.6) is 0 Å². The van der Waals surface area contributed by atoms with Crippen LogP contribution in [0.25, 0.3) is 0 Å². The molecule has 6 heteroatoms. The molecule has 6 nitrogen and oxygen atoms in total. The second-order valence-corrected chi connectivity index (χ2v) is 18.1. The molecule has 0 aromatic heterocycles. The van der Waals surface area contributed by atoms with Crippen molar-refractivity contribution in [3.8, 4) is 0 Å². The normalized spacial score (nSPS) is 12.8. The Balaban J connectivity index is 4.51. The van der Waals surface area contributed by atoms with Gasteiger partial charge in [-0.25, -0.2) is 0 Å². The molecule has 0 aliphatic rings. The molecule has 1 atom stereocenters. The van der Waals surface area contributed by atoms with E-state index in [4.69, 9.17) is 14.2 Å². The SMILES string of the molecule is CC/C=C\C/C=C\C/C=C\C/C=C\C/C=C\C/C=C\CCC(=O)OCC(COC(=O)CCCCCCCCCCCCCCCCC)OC(=O)CCCCCCC/C=C\C/C=C\CCCCC. The number of hydrogen-bond acceptors (Lipinski definition) is 6. The summed E-state index contributed by atoms with van der Waals surface area (Å²) in [4.78, 5) is 38.1. The number of esters is 3. The lowest BCUT2D eigenvalue weighted by Gasteiger charge is -2.18. The highest BCUT2D eigenvalue weighted by Crippen LogP contribution is 2.15. The molecule has 0 heterocycles. The summed E-state index contributed by atoms with van der Waals surface area (Å²) in [6, 6.07) is 0. The van der Waals surface area contributed by atoms with Crippen molar-refractivity contribution in [2.75, 3.05) is 13.2 Å². The Morgan fingerprint density at radius 3 is 1.03 bits per heavy atom. The highest BCUT2D eigenvalue weighted by atomic mass is 16.6. The first-order chi connectivity index (χ1) is 33.0. The quantitative estimate of drug-likeness (QED) is 0.0262. The summed E-state index contributed by atoms with van der Waals surface area (Å²) >= 11 is 0. The number of allylic oxidation sites excluding steroid dienone is 16. The summed E-state index contributed by atoms with van der Waals surface area (Å²) in [6.07, 6.45) is 72.6. The molecule has 0 rings (SSSR count). The van der Waals surface area contributed by atoms with Crippen molar-refractivity contribution in [3.05, 3.63) is 97.2 Å². The predicted octanol–water partition coefficient (Wildman–Crippen LogP) is 18.5. The molecule has 0 bridgehead atoms. The summed E-state index contributed by atoms with van der Waals surface area (Å²) in [7, 11) is 0. The standard InChI is InChI=1S/C61H102O6/c1-4-7-10-13-16-19-22-25-28-29-30-31-34-36-39-42-45-48-51-54-60(63)66-57-58(67-61(64)55-52-49-46-43-40-37-33-27-24-21-18-15-12-9-6-3)56-65-59(62)53-50-47-44-41-38-35-32-26-23-20-17-14-11-8-5-2/h7,10,16,18-19,21,25,27-28,30-31,33,36,39,45,48,58H,4-6,8-9,11-15,17,20,22-24,26,29,32,34-35,37-38,40-44,46-47,49-57H2,1-3H3/b10-7-,19-16-,21-18-,28-25-,31-30-,33-27-,39-36-,48-45-. The van der Waals surface area contributed by atoms with Gasteiger partial charge in [-0.05, 0) is 89.9 Å². The molecule has 67 heavy (non-hydrogen) atoms. The Kier molecular flexibility index (Phi) is 51.9. The van der Waals surface area contributed by atoms with E-state index in [1.54, 1.807) is 0 Å². The largest absolute Gasteiger partial charge is 0.462 e. The van der Waals surface area contributed by atoms with Gasteiger partial charge in [0.2, 0.25) is 0 Å². The van der Waals surface area contributed by atoms with Gasteiger partial charge in [0.15, 0.2) is 6.10 Å². The highest BCUT2D eigenvalue weighted by molar-refractivity contribution is 5.71. The van der Waals surface area contributed by atoms with Crippen LogP contribution in [0.1, 0.15) is 252 Å². The molecule has 0 aromatic carbocycles. The van der Waals surface area contributed by atoms with Gasteiger partial charge in [0.05, 0.1) is 0 Å². The average Bonchev–Trinajstić information content (AvgIpc) is 3.33. The van der Waals surface area contributed by atoms with Crippen LogP contribution in [0.4, 0.5) is 0 Å². The first kappa shape index (κ1) is 63.3. The van der Waals surface area contributed by atoms with E-state index < -0.39 is 6.10 Å². The average molecular weight is 931 g/mol. The van der Waals surface area contributed by atoms with Crippen molar-refractivity contribution in [2.45, 2.75) is 258 Å². The van der Waals surface area contributed by atoms with Crippen LogP contribution in [0.3, 0.4) is 0 Å². The van der Waals surface area contributed by atoms with Crippen molar-refractivity contribution in [1.29, 1.82) is 0 Å². The second-order valence-electron chi connectivity index (χ2n) is 18.1. The minimum absolute atomic E-state index is 0.105. The molecule has 0 aliphatic carbocycles. The van der Waals surface area contributed by atoms with Crippen LogP contribution in [-0.2, 0) is 28.6 Å². The number of unbranched alkanes of at least 4 members (excludes halogenated alkanes) is 22. The number of carbonyl (C=O) groups excluding carboxylic acids is 3. The molecule has 1 unspecified atom stereocenters. The van der Waals surface area contributed by atoms with E-state index in [1.807, 2.05) is 6.08 Å². The Hall–Kier alpha value is -3.67. The van der Waals surface area contributed by atoms with Gasteiger partial charge in [0, 0.05) is 19.3 Å². The van der Waals surface area contributed by atoms with Gasteiger partial charge in [-0.3, -0.25) is 14.4 Å². The second kappa shape index (κ2) is 54.9. The monoisotopic (exact) mass is 931 g/mol. The number of carbonyl (C=O) groups is 3. The molecule has 382 valence electrons. The first-order valence-corrected chi connectivity index (χ1v) is 27.7. The Morgan fingerprint density at radius 2 is 0.612 bits per heavy atom. The topological polar surface area (TPSA) is 78.9 Å². The van der Waals surface area contributed by atoms with Gasteiger partial charge < -0.3 is 14.2 Å². The van der Waals surface area contributed by atoms with E-state index in [2.05, 4.69) is 112 Å². The predicted molar refractivity (Wildman–Crippen MR) is 288 cm³/mol. The van der Waals surface area contributed by atoms with E-state index in [0.717, 1.165) is 103 Å². The lowest BCUT2D eigenvalue weighted by Crippen LogP contribution is -2.30. The zero-order chi connectivity index (χ0) is 48.6. The molecular weight excluding hydrogens is 829 g/mol. The van der Waals surface area contributed by atoms with Gasteiger partial charge in [-0.1, -0.05) is 240 Å². The fraction of sp³-hybridized carbons (Fsp3) is 0.689. The van der Waals surface area contributed by atoms with E-state index >= 15 is 0 Å². The molecule has 0 spiro atoms. The van der Waals surface area contributed by atoms with Crippen molar-refractivity contribution in [2.24, 2.45) is 0 Å². The molecule has 0 N–H and O–H groups in total. The van der Waals surface area contributed by atoms with Gasteiger partial charge >= 0.3 is 17.9 Å². The van der Waals surface area contributed by atoms with Gasteiger partial charge in [0.1, 0.15) is 13.2 Å². The first-order valence-electron chi connectivity index (χ1n) is 27.7. The Labute approximate surface area is 413 Å². The summed E-state index contributed by atoms with van der Waals surface area (Å²) in [5.74, 6) is -1.00. The Morgan fingerprint density at radius 1 is 0.313 bits per heavy atom. The van der Waals surface area contributed by atoms with E-state index in [-0.39, 0.29) is 37.5 Å². The van der Waals surface area contributed by atoms with Crippen LogP contribution in [0, 0.1) is 0 Å². The van der Waals surface area contributed by atoms with Crippen molar-refractivity contribution in [3.63, 3.8) is 0 Å². The maximum atomic E-state index is 12.8. The third kappa shape index (κ3) is 53.2. The van der Waals surface area contributed by atoms with Crippen LogP contribution in [0.2, 0.25) is 0 Å². The van der Waals surface area contributed by atoms with Crippen molar-refractivity contribution >= 4 is 17.9 Å². The van der Waals surface area contributed by atoms with Crippen molar-refractivity contribution < 1.29 is 28.6 Å². The van der Waals surface area contributed by atoms with Crippen molar-refractivity contribution in [1.82, 2.24) is 0 Å². The number of hydrogen-bond donors (Lipinski definition) is 0. The number of ether oxygens (including phenoxy) is 3. The van der Waals surface area contributed by atoms with Gasteiger partial charge in [-0.2, -0.15) is 0 Å². The zero-order valence-electron chi connectivity index (χ0n) is 43.6. The van der Waals surface area contributed by atoms with E-state index in [1.165, 1.54) is 103 Å². The van der Waals surface area contributed by atoms with Crippen LogP contribution >= 0.6 is 0 Å². The van der Waals surface area contributed by atoms with Gasteiger partial charge in [-0.15, -0.1) is 0 Å². The minimum atomic E-state index is -0.815. The summed E-state index contributed by atoms with van der Waals surface area (Å²) in [6.45, 7) is 6.43. The third-order valence-corrected chi connectivity index (χ3v) is 11.6. The smallest absolute Gasteiger partial charge is 0.306 e. The van der Waals surface area contributed by atoms with Crippen LogP contribution < -0.4 is 0 Å². The lowest BCUT2D eigenvalue weighted by atomic mass is 10.0. The Bertz CT molecular complexity index is 1350. The molecule has 0 aliphatic heterocycles. The highest BCUT2D eigenvalue weighted by Gasteiger charge is 2.19. The molecule has 0 amide bonds. The molecular formula is C61H102O6. The fourth-order valence-corrected chi connectivity index (χ4v) is 7.44. The number of rotatable bonds is 49. The lowest BCUT2D eigenvalue weighted by molar-refractivity contribution is -0.166. The van der Waals surface area contributed by atoms with Crippen LogP contribution in [0.15, 0.2) is 97.2 Å². The summed E-state index contributed by atoms with van der Waals surface area (Å²) in [5, 5.41) is 0. The molecule has 0 aromatic rings. The molecule has 0 fully saturated rings. The maximum Gasteiger partial charge on any atom is 0.306 e. The minimum Gasteiger partial charge on any atom is -0.462 e. The van der Waals surface area contributed by atoms with Gasteiger partial charge in [0.25, 0.3) is 0 Å². The maximum absolute atomic E-state index is 12.8. The summed E-state index contributed by atoms with van der Waals surface area (Å²) in [5.41, 5.74) is 0. The molecule has 0 radical (unpaired) electrons. The van der Waals surface area contributed by atoms with E-state index in [0.29, 0.717) is 19.3 Å². The molecule has 0 saturated carbocycles. The van der Waals surface area contributed by atoms with Crippen LogP contribution in [-0.4, -0.2) is 37.2 Å². The fourth-order valence-electron chi connectivity index (χ4n) is 7.44. The summed E-state index contributed by atoms with van der Waals surface area (Å²) < 4.78 is 16.8.